The van der Waals surface area contributed by atoms with E-state index in [1.807, 2.05) is 13.8 Å². The number of rotatable bonds is 0. The van der Waals surface area contributed by atoms with Crippen molar-refractivity contribution in [1.82, 2.24) is 5.32 Å². The van der Waals surface area contributed by atoms with Crippen molar-refractivity contribution < 1.29 is 0 Å². The van der Waals surface area contributed by atoms with Crippen LogP contribution in [-0.4, -0.2) is 18.6 Å². The minimum absolute atomic E-state index is 0.450. The maximum atomic E-state index is 5.69. The molecule has 62 valence electrons. The predicted octanol–water partition coefficient (Wildman–Crippen LogP) is 1.11. The van der Waals surface area contributed by atoms with Crippen LogP contribution in [0.3, 0.4) is 0 Å². The molecule has 0 aromatic rings. The summed E-state index contributed by atoms with van der Waals surface area (Å²) >= 11 is 0. The molecule has 2 atom stereocenters. The molecule has 3 N–H and O–H groups in total. The normalized spacial score (nSPS) is 32.4. The number of hydrogen-bond donors (Lipinski definition) is 2. The van der Waals surface area contributed by atoms with Crippen LogP contribution >= 0.6 is 0 Å². The van der Waals surface area contributed by atoms with Crippen molar-refractivity contribution in [3.8, 4) is 0 Å². The summed E-state index contributed by atoms with van der Waals surface area (Å²) in [5, 5.41) is 3.33. The first kappa shape index (κ1) is 9.92. The summed E-state index contributed by atoms with van der Waals surface area (Å²) < 4.78 is 0. The summed E-state index contributed by atoms with van der Waals surface area (Å²) in [4.78, 5) is 0. The van der Waals surface area contributed by atoms with Crippen LogP contribution in [-0.2, 0) is 0 Å². The summed E-state index contributed by atoms with van der Waals surface area (Å²) in [5.74, 6) is 0. The van der Waals surface area contributed by atoms with Crippen molar-refractivity contribution in [2.75, 3.05) is 6.54 Å². The molecule has 0 aromatic carbocycles. The van der Waals surface area contributed by atoms with Gasteiger partial charge in [-0.2, -0.15) is 0 Å². The van der Waals surface area contributed by atoms with Crippen LogP contribution in [0.5, 0.6) is 0 Å². The van der Waals surface area contributed by atoms with Crippen LogP contribution in [0, 0.1) is 0 Å². The van der Waals surface area contributed by atoms with Crippen LogP contribution in [0.2, 0.25) is 0 Å². The largest absolute Gasteiger partial charge is 0.328 e. The molecule has 0 radical (unpaired) electrons. The minimum Gasteiger partial charge on any atom is -0.328 e. The van der Waals surface area contributed by atoms with Crippen molar-refractivity contribution in [2.45, 2.75) is 45.7 Å². The van der Waals surface area contributed by atoms with Gasteiger partial charge in [0.15, 0.2) is 0 Å². The Labute approximate surface area is 64.2 Å². The van der Waals surface area contributed by atoms with Crippen molar-refractivity contribution in [3.63, 3.8) is 0 Å². The van der Waals surface area contributed by atoms with Crippen LogP contribution in [0.1, 0.15) is 33.6 Å². The van der Waals surface area contributed by atoms with Crippen LogP contribution < -0.4 is 11.1 Å². The van der Waals surface area contributed by atoms with Gasteiger partial charge < -0.3 is 11.1 Å². The van der Waals surface area contributed by atoms with Gasteiger partial charge in [0.2, 0.25) is 0 Å². The molecule has 2 nitrogen and oxygen atoms in total. The van der Waals surface area contributed by atoms with E-state index in [4.69, 9.17) is 5.73 Å². The van der Waals surface area contributed by atoms with E-state index >= 15 is 0 Å². The molecule has 1 rings (SSSR count). The first-order chi connectivity index (χ1) is 4.79. The molecule has 1 aliphatic rings. The maximum absolute atomic E-state index is 5.69. The van der Waals surface area contributed by atoms with Gasteiger partial charge in [0, 0.05) is 12.1 Å². The monoisotopic (exact) mass is 144 g/mol. The molecule has 2 unspecified atom stereocenters. The zero-order valence-corrected chi connectivity index (χ0v) is 7.35. The minimum atomic E-state index is 0.450. The van der Waals surface area contributed by atoms with E-state index in [9.17, 15) is 0 Å². The fourth-order valence-corrected chi connectivity index (χ4v) is 1.17. The summed E-state index contributed by atoms with van der Waals surface area (Å²) in [6.45, 7) is 7.28. The van der Waals surface area contributed by atoms with Crippen molar-refractivity contribution >= 4 is 0 Å². The third-order valence-corrected chi connectivity index (χ3v) is 1.66. The first-order valence-electron chi connectivity index (χ1n) is 4.28. The second-order valence-corrected chi connectivity index (χ2v) is 2.64. The van der Waals surface area contributed by atoms with Gasteiger partial charge in [-0.1, -0.05) is 13.8 Å². The molecule has 1 fully saturated rings. The highest BCUT2D eigenvalue weighted by atomic mass is 14.9. The van der Waals surface area contributed by atoms with Gasteiger partial charge in [-0.05, 0) is 26.3 Å². The van der Waals surface area contributed by atoms with Crippen molar-refractivity contribution in [3.05, 3.63) is 0 Å². The van der Waals surface area contributed by atoms with Crippen molar-refractivity contribution in [2.24, 2.45) is 5.73 Å². The average Bonchev–Trinajstić information content (AvgIpc) is 1.91. The second-order valence-electron chi connectivity index (χ2n) is 2.64. The lowest BCUT2D eigenvalue weighted by atomic mass is 10.0. The topological polar surface area (TPSA) is 38.0 Å². The summed E-state index contributed by atoms with van der Waals surface area (Å²) in [5.41, 5.74) is 5.69. The van der Waals surface area contributed by atoms with E-state index in [2.05, 4.69) is 12.2 Å². The Bertz CT molecular complexity index is 65.7. The molecule has 0 amide bonds. The molecule has 2 heteroatoms. The Morgan fingerprint density at radius 3 is 2.30 bits per heavy atom. The third-order valence-electron chi connectivity index (χ3n) is 1.66. The van der Waals surface area contributed by atoms with Gasteiger partial charge in [-0.3, -0.25) is 0 Å². The lowest BCUT2D eigenvalue weighted by Gasteiger charge is -2.24. The molecule has 1 saturated heterocycles. The SMILES string of the molecule is CC.CC1CC(N)CCN1. The van der Waals surface area contributed by atoms with Gasteiger partial charge in [0.25, 0.3) is 0 Å². The number of nitrogens with two attached hydrogens (primary N) is 1. The maximum Gasteiger partial charge on any atom is 0.00656 e. The fourth-order valence-electron chi connectivity index (χ4n) is 1.17. The summed E-state index contributed by atoms with van der Waals surface area (Å²) in [7, 11) is 0. The van der Waals surface area contributed by atoms with Crippen LogP contribution in [0.15, 0.2) is 0 Å². The van der Waals surface area contributed by atoms with Gasteiger partial charge in [0.1, 0.15) is 0 Å². The number of nitrogens with one attached hydrogen (secondary N) is 1. The van der Waals surface area contributed by atoms with E-state index in [1.165, 1.54) is 0 Å². The smallest absolute Gasteiger partial charge is 0.00656 e. The standard InChI is InChI=1S/C6H14N2.C2H6/c1-5-4-6(7)2-3-8-5;1-2/h5-6,8H,2-4,7H2,1H3;1-2H3. The Balaban J connectivity index is 0.000000371. The van der Waals surface area contributed by atoms with Crippen LogP contribution in [0.25, 0.3) is 0 Å². The van der Waals surface area contributed by atoms with Crippen LogP contribution in [0.4, 0.5) is 0 Å². The molecule has 1 heterocycles. The Morgan fingerprint density at radius 1 is 1.40 bits per heavy atom. The molecule has 1 aliphatic heterocycles. The quantitative estimate of drug-likeness (QED) is 0.534. The Morgan fingerprint density at radius 2 is 2.00 bits per heavy atom. The number of piperidine rings is 1. The zero-order valence-electron chi connectivity index (χ0n) is 7.35. The van der Waals surface area contributed by atoms with Gasteiger partial charge in [-0.25, -0.2) is 0 Å². The highest BCUT2D eigenvalue weighted by Crippen LogP contribution is 2.04. The first-order valence-corrected chi connectivity index (χ1v) is 4.28. The Kier molecular flexibility index (Phi) is 5.64. The molecule has 0 bridgehead atoms. The second kappa shape index (κ2) is 5.69. The van der Waals surface area contributed by atoms with Gasteiger partial charge in [-0.15, -0.1) is 0 Å². The summed E-state index contributed by atoms with van der Waals surface area (Å²) in [6.07, 6.45) is 2.28. The molecule has 0 saturated carbocycles. The molecule has 0 spiro atoms. The summed E-state index contributed by atoms with van der Waals surface area (Å²) in [6, 6.07) is 1.09. The highest BCUT2D eigenvalue weighted by molar-refractivity contribution is 4.76. The molecular weight excluding hydrogens is 124 g/mol. The highest BCUT2D eigenvalue weighted by Gasteiger charge is 2.12. The molecule has 10 heavy (non-hydrogen) atoms. The zero-order chi connectivity index (χ0) is 7.98. The van der Waals surface area contributed by atoms with E-state index in [0.29, 0.717) is 12.1 Å². The molecule has 0 aliphatic carbocycles. The van der Waals surface area contributed by atoms with E-state index < -0.39 is 0 Å². The van der Waals surface area contributed by atoms with Crippen molar-refractivity contribution in [1.29, 1.82) is 0 Å². The predicted molar refractivity (Wildman–Crippen MR) is 46.0 cm³/mol. The average molecular weight is 144 g/mol. The van der Waals surface area contributed by atoms with Gasteiger partial charge >= 0.3 is 0 Å². The fraction of sp³-hybridized carbons (Fsp3) is 1.00. The van der Waals surface area contributed by atoms with E-state index in [1.54, 1.807) is 0 Å². The van der Waals surface area contributed by atoms with E-state index in [-0.39, 0.29) is 0 Å². The molecule has 0 aromatic heterocycles. The lowest BCUT2D eigenvalue weighted by Crippen LogP contribution is -2.41. The van der Waals surface area contributed by atoms with Gasteiger partial charge in [0.05, 0.1) is 0 Å². The lowest BCUT2D eigenvalue weighted by molar-refractivity contribution is 0.381. The Hall–Kier alpha value is -0.0800. The molecular formula is C8H20N2. The number of hydrogen-bond acceptors (Lipinski definition) is 2. The third kappa shape index (κ3) is 3.85. The van der Waals surface area contributed by atoms with E-state index in [0.717, 1.165) is 19.4 Å².